The van der Waals surface area contributed by atoms with Crippen LogP contribution in [0.2, 0.25) is 5.02 Å². The van der Waals surface area contributed by atoms with Crippen LogP contribution in [0.1, 0.15) is 20.7 Å². The molecule has 2 heterocycles. The molecule has 0 radical (unpaired) electrons. The second-order valence-corrected chi connectivity index (χ2v) is 6.14. The predicted octanol–water partition coefficient (Wildman–Crippen LogP) is 2.46. The number of anilines is 1. The average Bonchev–Trinajstić information content (AvgIpc) is 2.84. The summed E-state index contributed by atoms with van der Waals surface area (Å²) in [4.78, 5) is 35.8. The van der Waals surface area contributed by atoms with Crippen molar-refractivity contribution in [2.75, 3.05) is 5.73 Å². The van der Waals surface area contributed by atoms with Crippen molar-refractivity contribution in [2.24, 2.45) is 0 Å². The molecule has 1 aromatic carbocycles. The number of rotatable bonds is 4. The zero-order valence-electron chi connectivity index (χ0n) is 12.9. The Balaban J connectivity index is 2.15. The normalized spacial score (nSPS) is 14.7. The van der Waals surface area contributed by atoms with Crippen LogP contribution in [0.3, 0.4) is 0 Å². The van der Waals surface area contributed by atoms with Gasteiger partial charge in [-0.15, -0.1) is 0 Å². The van der Waals surface area contributed by atoms with E-state index in [1.807, 2.05) is 5.32 Å². The maximum Gasteiger partial charge on any atom is 0.444 e. The lowest BCUT2D eigenvalue weighted by Gasteiger charge is -2.19. The molecule has 7 nitrogen and oxygen atoms in total. The summed E-state index contributed by atoms with van der Waals surface area (Å²) in [6.45, 7) is 0. The highest BCUT2D eigenvalue weighted by Gasteiger charge is 2.42. The molecule has 27 heavy (non-hydrogen) atoms. The van der Waals surface area contributed by atoms with E-state index in [4.69, 9.17) is 28.9 Å². The summed E-state index contributed by atoms with van der Waals surface area (Å²) < 4.78 is 44.6. The number of nitrogens with two attached hydrogens (primary N) is 1. The summed E-state index contributed by atoms with van der Waals surface area (Å²) in [6.07, 6.45) is -4.40. The summed E-state index contributed by atoms with van der Waals surface area (Å²) in [5, 5.41) is 1.66. The van der Waals surface area contributed by atoms with Gasteiger partial charge in [0, 0.05) is 12.1 Å². The fourth-order valence-corrected chi connectivity index (χ4v) is 2.65. The minimum absolute atomic E-state index is 0.118. The topological polar surface area (TPSA) is 103 Å². The van der Waals surface area contributed by atoms with E-state index < -0.39 is 40.7 Å². The number of amides is 2. The Bertz CT molecular complexity index is 1040. The van der Waals surface area contributed by atoms with E-state index >= 15 is 0 Å². The molecule has 0 saturated heterocycles. The van der Waals surface area contributed by atoms with Crippen molar-refractivity contribution in [1.82, 2.24) is 9.88 Å². The number of imide groups is 1. The number of hydrogen-bond acceptors (Lipinski definition) is 5. The zero-order chi connectivity index (χ0) is 20.1. The number of nitrogens with zero attached hydrogens (tertiary/aromatic N) is 1. The molecule has 2 aromatic rings. The maximum atomic E-state index is 13.4. The Kier molecular flexibility index (Phi) is 4.56. The first-order valence-corrected chi connectivity index (χ1v) is 7.90. The first-order valence-electron chi connectivity index (χ1n) is 7.09. The monoisotopic (exact) mass is 421 g/mol. The highest BCUT2D eigenvalue weighted by Crippen LogP contribution is 2.35. The summed E-state index contributed by atoms with van der Waals surface area (Å²) in [7, 11) is 0. The molecule has 1 atom stereocenters. The molecule has 0 aliphatic carbocycles. The van der Waals surface area contributed by atoms with E-state index in [1.54, 1.807) is 0 Å². The van der Waals surface area contributed by atoms with Crippen molar-refractivity contribution >= 4 is 40.8 Å². The number of carbonyl (C=O) groups is 2. The quantitative estimate of drug-likeness (QED) is 0.582. The lowest BCUT2D eigenvalue weighted by Crippen LogP contribution is -2.33. The van der Waals surface area contributed by atoms with Gasteiger partial charge in [-0.2, -0.15) is 8.78 Å². The van der Waals surface area contributed by atoms with Gasteiger partial charge in [-0.1, -0.05) is 23.2 Å². The molecule has 0 fully saturated rings. The Morgan fingerprint density at radius 3 is 2.48 bits per heavy atom. The van der Waals surface area contributed by atoms with Gasteiger partial charge in [-0.25, -0.2) is 4.39 Å². The van der Waals surface area contributed by atoms with Gasteiger partial charge in [0.2, 0.25) is 0 Å². The number of aromatic nitrogens is 1. The number of fused-ring (bicyclic) bond motifs is 1. The van der Waals surface area contributed by atoms with E-state index in [9.17, 15) is 27.6 Å². The number of halogens is 5. The minimum atomic E-state index is -4.40. The van der Waals surface area contributed by atoms with Gasteiger partial charge in [0.05, 0.1) is 21.8 Å². The molecule has 142 valence electrons. The maximum absolute atomic E-state index is 13.4. The molecular formula is C15H8Cl2F3N3O4. The van der Waals surface area contributed by atoms with Crippen LogP contribution < -0.4 is 21.3 Å². The second-order valence-electron chi connectivity index (χ2n) is 5.35. The number of pyridine rings is 1. The third kappa shape index (κ3) is 3.21. The van der Waals surface area contributed by atoms with Crippen LogP contribution >= 0.6 is 23.2 Å². The van der Waals surface area contributed by atoms with Crippen molar-refractivity contribution in [3.05, 3.63) is 50.8 Å². The lowest BCUT2D eigenvalue weighted by molar-refractivity contribution is -0.198. The van der Waals surface area contributed by atoms with Gasteiger partial charge < -0.3 is 10.5 Å². The van der Waals surface area contributed by atoms with Crippen LogP contribution in [0.15, 0.2) is 29.1 Å². The van der Waals surface area contributed by atoms with Crippen LogP contribution in [-0.2, 0) is 0 Å². The number of hydrogen-bond donors (Lipinski definition) is 2. The Morgan fingerprint density at radius 1 is 1.19 bits per heavy atom. The van der Waals surface area contributed by atoms with Crippen molar-refractivity contribution < 1.29 is 27.5 Å². The average molecular weight is 422 g/mol. The van der Waals surface area contributed by atoms with Gasteiger partial charge in [0.15, 0.2) is 0 Å². The van der Waals surface area contributed by atoms with Crippen molar-refractivity contribution in [3.8, 4) is 11.4 Å². The van der Waals surface area contributed by atoms with E-state index in [-0.39, 0.29) is 21.8 Å². The number of carbonyl (C=O) groups excluding carboxylic acids is 2. The van der Waals surface area contributed by atoms with Crippen molar-refractivity contribution in [3.63, 3.8) is 0 Å². The fourth-order valence-electron chi connectivity index (χ4n) is 2.45. The van der Waals surface area contributed by atoms with E-state index in [2.05, 4.69) is 4.74 Å². The molecule has 1 aliphatic heterocycles. The number of nitrogens with one attached hydrogen (secondary N) is 1. The lowest BCUT2D eigenvalue weighted by atomic mass is 10.1. The van der Waals surface area contributed by atoms with Gasteiger partial charge in [0.1, 0.15) is 11.6 Å². The SMILES string of the molecule is Nc1c2c(cc(=O)n1-c1ccc(Cl)c(OC(F)(F)C(F)Cl)c1)C(=O)NC2=O. The van der Waals surface area contributed by atoms with Gasteiger partial charge in [0.25, 0.3) is 23.0 Å². The predicted molar refractivity (Wildman–Crippen MR) is 89.6 cm³/mol. The molecule has 12 heteroatoms. The Labute approximate surface area is 158 Å². The zero-order valence-corrected chi connectivity index (χ0v) is 14.4. The molecule has 1 aromatic heterocycles. The number of nitrogen functional groups attached to an aromatic ring is 1. The molecule has 0 saturated carbocycles. The molecule has 3 N–H and O–H groups in total. The molecule has 0 bridgehead atoms. The molecule has 1 unspecified atom stereocenters. The van der Waals surface area contributed by atoms with Gasteiger partial charge in [-0.05, 0) is 12.1 Å². The standard InChI is InChI=1S/C15H8Cl2F3N3O4/c16-7-2-1-5(3-8(7)27-15(19,20)14(17)18)23-9(24)4-6-10(11(23)21)13(26)22-12(6)25/h1-4,14H,21H2,(H,22,25,26). The third-order valence-electron chi connectivity index (χ3n) is 3.63. The van der Waals surface area contributed by atoms with Crippen LogP contribution in [0, 0.1) is 0 Å². The fraction of sp³-hybridized carbons (Fsp3) is 0.133. The molecule has 1 aliphatic rings. The van der Waals surface area contributed by atoms with Gasteiger partial charge >= 0.3 is 6.11 Å². The summed E-state index contributed by atoms with van der Waals surface area (Å²) in [6, 6.07) is 4.06. The van der Waals surface area contributed by atoms with E-state index in [1.165, 1.54) is 6.07 Å². The van der Waals surface area contributed by atoms with Gasteiger partial charge in [-0.3, -0.25) is 24.3 Å². The summed E-state index contributed by atoms with van der Waals surface area (Å²) >= 11 is 10.5. The van der Waals surface area contributed by atoms with Crippen LogP contribution in [0.25, 0.3) is 5.69 Å². The number of benzene rings is 1. The van der Waals surface area contributed by atoms with Crippen LogP contribution in [0.5, 0.6) is 5.75 Å². The van der Waals surface area contributed by atoms with Crippen molar-refractivity contribution in [2.45, 2.75) is 11.7 Å². The second kappa shape index (κ2) is 6.46. The van der Waals surface area contributed by atoms with E-state index in [0.29, 0.717) is 0 Å². The van der Waals surface area contributed by atoms with Crippen LogP contribution in [0.4, 0.5) is 19.0 Å². The minimum Gasteiger partial charge on any atom is -0.428 e. The highest BCUT2D eigenvalue weighted by atomic mass is 35.5. The van der Waals surface area contributed by atoms with Crippen molar-refractivity contribution in [1.29, 1.82) is 0 Å². The molecule has 0 spiro atoms. The number of ether oxygens (including phenoxy) is 1. The molecule has 3 rings (SSSR count). The third-order valence-corrected chi connectivity index (χ3v) is 4.19. The van der Waals surface area contributed by atoms with Crippen LogP contribution in [-0.4, -0.2) is 28.1 Å². The first-order chi connectivity index (χ1) is 12.5. The Hall–Kier alpha value is -2.72. The molecular weight excluding hydrogens is 414 g/mol. The molecule has 2 amide bonds. The largest absolute Gasteiger partial charge is 0.444 e. The summed E-state index contributed by atoms with van der Waals surface area (Å²) in [5.74, 6) is -2.70. The highest BCUT2D eigenvalue weighted by molar-refractivity contribution is 6.32. The number of alkyl halides is 4. The Morgan fingerprint density at radius 2 is 1.85 bits per heavy atom. The van der Waals surface area contributed by atoms with E-state index in [0.717, 1.165) is 22.8 Å². The summed E-state index contributed by atoms with van der Waals surface area (Å²) in [5.41, 5.74) is 1.28. The first kappa shape index (κ1) is 19.1. The smallest absolute Gasteiger partial charge is 0.428 e.